The maximum atomic E-state index is 12.8. The van der Waals surface area contributed by atoms with Crippen LogP contribution in [-0.2, 0) is 12.6 Å². The number of benzene rings is 1. The van der Waals surface area contributed by atoms with Gasteiger partial charge in [0.15, 0.2) is 5.78 Å². The molecule has 1 aromatic heterocycles. The highest BCUT2D eigenvalue weighted by molar-refractivity contribution is 5.99. The van der Waals surface area contributed by atoms with E-state index < -0.39 is 17.5 Å². The Bertz CT molecular complexity index is 787. The lowest BCUT2D eigenvalue weighted by Gasteiger charge is -2.19. The van der Waals surface area contributed by atoms with E-state index in [0.717, 1.165) is 6.07 Å². The Morgan fingerprint density at radius 1 is 1.13 bits per heavy atom. The molecule has 0 spiro atoms. The van der Waals surface area contributed by atoms with Crippen LogP contribution in [0.4, 0.5) is 13.2 Å². The first kappa shape index (κ1) is 15.5. The van der Waals surface area contributed by atoms with Crippen LogP contribution in [0.5, 0.6) is 5.75 Å². The normalized spacial score (nSPS) is 17.9. The SMILES string of the molecule is CC1CC(=O)c2cc(-c3cc(O)cc(C(F)(F)F)c3)nnc2C1. The molecule has 0 saturated heterocycles. The second kappa shape index (κ2) is 5.33. The van der Waals surface area contributed by atoms with Crippen molar-refractivity contribution in [1.82, 2.24) is 10.2 Å². The Morgan fingerprint density at radius 2 is 1.87 bits per heavy atom. The maximum absolute atomic E-state index is 12.8. The Labute approximate surface area is 130 Å². The minimum Gasteiger partial charge on any atom is -0.508 e. The summed E-state index contributed by atoms with van der Waals surface area (Å²) in [6.07, 6.45) is -3.59. The fourth-order valence-electron chi connectivity index (χ4n) is 2.70. The highest BCUT2D eigenvalue weighted by atomic mass is 19.4. The maximum Gasteiger partial charge on any atom is 0.416 e. The fourth-order valence-corrected chi connectivity index (χ4v) is 2.70. The van der Waals surface area contributed by atoms with Crippen LogP contribution in [0.25, 0.3) is 11.3 Å². The zero-order valence-corrected chi connectivity index (χ0v) is 12.2. The lowest BCUT2D eigenvalue weighted by Crippen LogP contribution is -2.20. The number of hydrogen-bond donors (Lipinski definition) is 1. The van der Waals surface area contributed by atoms with Gasteiger partial charge in [0.1, 0.15) is 5.75 Å². The van der Waals surface area contributed by atoms with E-state index >= 15 is 0 Å². The lowest BCUT2D eigenvalue weighted by atomic mass is 9.87. The number of carbonyl (C=O) groups excluding carboxylic acids is 1. The second-order valence-corrected chi connectivity index (χ2v) is 5.79. The molecular weight excluding hydrogens is 309 g/mol. The number of phenolic OH excluding ortho intramolecular Hbond substituents is 1. The Hall–Kier alpha value is -2.44. The molecule has 0 saturated carbocycles. The van der Waals surface area contributed by atoms with Gasteiger partial charge in [-0.2, -0.15) is 23.4 Å². The van der Waals surface area contributed by atoms with Crippen LogP contribution >= 0.6 is 0 Å². The molecule has 23 heavy (non-hydrogen) atoms. The van der Waals surface area contributed by atoms with Gasteiger partial charge in [0.2, 0.25) is 0 Å². The highest BCUT2D eigenvalue weighted by Crippen LogP contribution is 2.35. The molecule has 0 amide bonds. The van der Waals surface area contributed by atoms with E-state index in [0.29, 0.717) is 30.2 Å². The van der Waals surface area contributed by atoms with E-state index in [2.05, 4.69) is 10.2 Å². The first-order valence-corrected chi connectivity index (χ1v) is 7.05. The van der Waals surface area contributed by atoms with Gasteiger partial charge < -0.3 is 5.11 Å². The number of aromatic nitrogens is 2. The summed E-state index contributed by atoms with van der Waals surface area (Å²) in [6.45, 7) is 1.93. The van der Waals surface area contributed by atoms with Crippen molar-refractivity contribution in [2.75, 3.05) is 0 Å². The van der Waals surface area contributed by atoms with E-state index in [1.807, 2.05) is 6.92 Å². The van der Waals surface area contributed by atoms with Crippen molar-refractivity contribution in [1.29, 1.82) is 0 Å². The number of alkyl halides is 3. The van der Waals surface area contributed by atoms with Crippen molar-refractivity contribution in [3.05, 3.63) is 41.1 Å². The molecule has 1 unspecified atom stereocenters. The van der Waals surface area contributed by atoms with Crippen molar-refractivity contribution in [2.24, 2.45) is 5.92 Å². The van der Waals surface area contributed by atoms with Crippen molar-refractivity contribution in [3.63, 3.8) is 0 Å². The minimum absolute atomic E-state index is 0.0686. The lowest BCUT2D eigenvalue weighted by molar-refractivity contribution is -0.137. The van der Waals surface area contributed by atoms with Crippen LogP contribution in [0.15, 0.2) is 24.3 Å². The molecule has 120 valence electrons. The summed E-state index contributed by atoms with van der Waals surface area (Å²) >= 11 is 0. The molecular formula is C16H13F3N2O2. The number of rotatable bonds is 1. The summed E-state index contributed by atoms with van der Waals surface area (Å²) in [4.78, 5) is 12.1. The first-order chi connectivity index (χ1) is 10.7. The van der Waals surface area contributed by atoms with Gasteiger partial charge in [-0.15, -0.1) is 0 Å². The van der Waals surface area contributed by atoms with Crippen LogP contribution < -0.4 is 0 Å². The zero-order chi connectivity index (χ0) is 16.8. The summed E-state index contributed by atoms with van der Waals surface area (Å²) in [5, 5.41) is 17.4. The summed E-state index contributed by atoms with van der Waals surface area (Å²) < 4.78 is 38.5. The number of Topliss-reactive ketones (excluding diaryl/α,β-unsaturated/α-hetero) is 1. The quantitative estimate of drug-likeness (QED) is 0.871. The van der Waals surface area contributed by atoms with Gasteiger partial charge >= 0.3 is 6.18 Å². The molecule has 4 nitrogen and oxygen atoms in total. The molecule has 1 aliphatic rings. The molecule has 1 heterocycles. The molecule has 0 radical (unpaired) electrons. The molecule has 7 heteroatoms. The largest absolute Gasteiger partial charge is 0.508 e. The molecule has 3 rings (SSSR count). The number of fused-ring (bicyclic) bond motifs is 1. The molecule has 0 fully saturated rings. The van der Waals surface area contributed by atoms with E-state index in [9.17, 15) is 23.1 Å². The molecule has 1 atom stereocenters. The Morgan fingerprint density at radius 3 is 2.57 bits per heavy atom. The van der Waals surface area contributed by atoms with Gasteiger partial charge in [0, 0.05) is 17.5 Å². The van der Waals surface area contributed by atoms with Gasteiger partial charge in [-0.3, -0.25) is 4.79 Å². The van der Waals surface area contributed by atoms with Crippen LogP contribution in [0.3, 0.4) is 0 Å². The van der Waals surface area contributed by atoms with Crippen LogP contribution in [-0.4, -0.2) is 21.1 Å². The highest BCUT2D eigenvalue weighted by Gasteiger charge is 2.32. The average Bonchev–Trinajstić information content (AvgIpc) is 2.45. The van der Waals surface area contributed by atoms with E-state index in [4.69, 9.17) is 0 Å². The number of ketones is 1. The van der Waals surface area contributed by atoms with Gasteiger partial charge in [0.05, 0.1) is 17.0 Å². The van der Waals surface area contributed by atoms with Crippen LogP contribution in [0.2, 0.25) is 0 Å². The first-order valence-electron chi connectivity index (χ1n) is 7.05. The smallest absolute Gasteiger partial charge is 0.416 e. The number of hydrogen-bond acceptors (Lipinski definition) is 4. The monoisotopic (exact) mass is 322 g/mol. The van der Waals surface area contributed by atoms with Gasteiger partial charge in [-0.05, 0) is 36.6 Å². The predicted octanol–water partition coefficient (Wildman–Crippen LogP) is 3.63. The van der Waals surface area contributed by atoms with Gasteiger partial charge in [0.25, 0.3) is 0 Å². The van der Waals surface area contributed by atoms with Crippen molar-refractivity contribution >= 4 is 5.78 Å². The molecule has 1 aliphatic carbocycles. The molecule has 2 aromatic rings. The fraction of sp³-hybridized carbons (Fsp3) is 0.312. The third-order valence-corrected chi connectivity index (χ3v) is 3.79. The number of halogens is 3. The number of carbonyl (C=O) groups is 1. The average molecular weight is 322 g/mol. The summed E-state index contributed by atoms with van der Waals surface area (Å²) in [5.74, 6) is -0.437. The van der Waals surface area contributed by atoms with Crippen molar-refractivity contribution in [2.45, 2.75) is 25.9 Å². The zero-order valence-electron chi connectivity index (χ0n) is 12.2. The van der Waals surface area contributed by atoms with E-state index in [1.54, 1.807) is 0 Å². The predicted molar refractivity (Wildman–Crippen MR) is 76.0 cm³/mol. The van der Waals surface area contributed by atoms with Gasteiger partial charge in [-0.1, -0.05) is 6.92 Å². The van der Waals surface area contributed by atoms with Crippen LogP contribution in [0.1, 0.15) is 35.0 Å². The standard InChI is InChI=1S/C16H13F3N2O2/c1-8-2-14-12(15(23)3-8)7-13(20-21-14)9-4-10(16(17,18)19)6-11(22)5-9/h4-8,22H,2-3H2,1H3. The summed E-state index contributed by atoms with van der Waals surface area (Å²) in [7, 11) is 0. The third kappa shape index (κ3) is 3.04. The van der Waals surface area contributed by atoms with Crippen molar-refractivity contribution < 1.29 is 23.1 Å². The molecule has 1 aromatic carbocycles. The van der Waals surface area contributed by atoms with Crippen LogP contribution in [0, 0.1) is 5.92 Å². The Balaban J connectivity index is 2.08. The van der Waals surface area contributed by atoms with E-state index in [1.165, 1.54) is 12.1 Å². The third-order valence-electron chi connectivity index (χ3n) is 3.79. The number of phenols is 1. The topological polar surface area (TPSA) is 63.1 Å². The molecule has 0 aliphatic heterocycles. The van der Waals surface area contributed by atoms with Crippen molar-refractivity contribution in [3.8, 4) is 17.0 Å². The summed E-state index contributed by atoms with van der Waals surface area (Å²) in [6, 6.07) is 4.14. The molecule has 1 N–H and O–H groups in total. The second-order valence-electron chi connectivity index (χ2n) is 5.79. The minimum atomic E-state index is -4.58. The van der Waals surface area contributed by atoms with E-state index in [-0.39, 0.29) is 23.0 Å². The Kier molecular flexibility index (Phi) is 3.58. The number of nitrogens with zero attached hydrogens (tertiary/aromatic N) is 2. The summed E-state index contributed by atoms with van der Waals surface area (Å²) in [5.41, 5.74) is 0.178. The molecule has 0 bridgehead atoms. The van der Waals surface area contributed by atoms with Gasteiger partial charge in [-0.25, -0.2) is 0 Å². The number of aromatic hydroxyl groups is 1.